The Labute approximate surface area is 246 Å². The van der Waals surface area contributed by atoms with E-state index >= 15 is 0 Å². The minimum atomic E-state index is -4.87. The third kappa shape index (κ3) is 6.44. The number of halogens is 6. The third-order valence-electron chi connectivity index (χ3n) is 7.29. The normalized spacial score (nSPS) is 15.5. The molecule has 0 bridgehead atoms. The van der Waals surface area contributed by atoms with Crippen molar-refractivity contribution in [3.8, 4) is 11.1 Å². The number of nitrogens with one attached hydrogen (secondary N) is 1. The lowest BCUT2D eigenvalue weighted by Crippen LogP contribution is -2.34. The van der Waals surface area contributed by atoms with Crippen LogP contribution in [0.15, 0.2) is 54.7 Å². The van der Waals surface area contributed by atoms with E-state index < -0.39 is 65.4 Å². The van der Waals surface area contributed by atoms with Crippen molar-refractivity contribution in [3.05, 3.63) is 106 Å². The zero-order valence-corrected chi connectivity index (χ0v) is 22.8. The minimum Gasteiger partial charge on any atom is -0.388 e. The number of aliphatic hydroxyl groups excluding tert-OH is 1. The molecule has 1 unspecified atom stereocenters. The summed E-state index contributed by atoms with van der Waals surface area (Å²) in [5.74, 6) is -4.45. The van der Waals surface area contributed by atoms with Gasteiger partial charge < -0.3 is 16.2 Å². The highest BCUT2D eigenvalue weighted by atomic mass is 19.4. The number of nitrogens with zero attached hydrogens (tertiary/aromatic N) is 3. The van der Waals surface area contributed by atoms with Gasteiger partial charge in [-0.1, -0.05) is 12.1 Å². The Bertz CT molecular complexity index is 1720. The number of hydrogen-bond donors (Lipinski definition) is 3. The molecule has 2 amide bonds. The van der Waals surface area contributed by atoms with Gasteiger partial charge in [0.2, 0.25) is 5.91 Å². The van der Waals surface area contributed by atoms with Crippen molar-refractivity contribution in [2.45, 2.75) is 50.6 Å². The van der Waals surface area contributed by atoms with Crippen LogP contribution >= 0.6 is 0 Å². The van der Waals surface area contributed by atoms with E-state index in [-0.39, 0.29) is 47.3 Å². The molecule has 0 radical (unpaired) electrons. The number of fused-ring (bicyclic) bond motifs is 1. The molecule has 5 rings (SSSR count). The van der Waals surface area contributed by atoms with Gasteiger partial charge in [-0.25, -0.2) is 13.2 Å². The van der Waals surface area contributed by atoms with Crippen LogP contribution in [0.1, 0.15) is 63.6 Å². The summed E-state index contributed by atoms with van der Waals surface area (Å²) in [7, 11) is 0. The lowest BCUT2D eigenvalue weighted by molar-refractivity contribution is -0.143. The molecule has 2 aromatic heterocycles. The smallest absolute Gasteiger partial charge is 0.388 e. The number of aromatic nitrogens is 3. The van der Waals surface area contributed by atoms with Crippen LogP contribution in [0.3, 0.4) is 0 Å². The number of alkyl halides is 3. The van der Waals surface area contributed by atoms with Gasteiger partial charge in [0.25, 0.3) is 5.91 Å². The van der Waals surface area contributed by atoms with Crippen molar-refractivity contribution < 1.29 is 41.0 Å². The average molecular weight is 618 g/mol. The van der Waals surface area contributed by atoms with Gasteiger partial charge in [-0.15, -0.1) is 0 Å². The van der Waals surface area contributed by atoms with E-state index in [0.29, 0.717) is 18.1 Å². The van der Waals surface area contributed by atoms with Gasteiger partial charge >= 0.3 is 6.18 Å². The fourth-order valence-electron chi connectivity index (χ4n) is 5.45. The molecule has 44 heavy (non-hydrogen) atoms. The number of carbonyl (C=O) groups is 2. The van der Waals surface area contributed by atoms with Crippen LogP contribution in [0.5, 0.6) is 0 Å². The first kappa shape index (κ1) is 30.7. The second kappa shape index (κ2) is 12.1. The Balaban J connectivity index is 1.53. The van der Waals surface area contributed by atoms with Crippen molar-refractivity contribution in [1.29, 1.82) is 0 Å². The summed E-state index contributed by atoms with van der Waals surface area (Å²) >= 11 is 0. The molecule has 0 aliphatic heterocycles. The topological polar surface area (TPSA) is 123 Å². The SMILES string of the molecule is NC(=O)c1cc(-c2cccnc2[C@H](Cc2cc(F)cc(F)c2)NC(=O)Cn2nc(C(F)(F)F)c3c2CCCC3O)ccc1F. The molecular weight excluding hydrogens is 592 g/mol. The van der Waals surface area contributed by atoms with Crippen molar-refractivity contribution in [3.63, 3.8) is 0 Å². The van der Waals surface area contributed by atoms with E-state index in [0.717, 1.165) is 22.9 Å². The predicted molar refractivity (Wildman–Crippen MR) is 144 cm³/mol. The summed E-state index contributed by atoms with van der Waals surface area (Å²) in [5.41, 5.74) is 4.22. The second-order valence-electron chi connectivity index (χ2n) is 10.4. The molecule has 1 aliphatic carbocycles. The molecule has 8 nitrogen and oxygen atoms in total. The van der Waals surface area contributed by atoms with Crippen molar-refractivity contribution >= 4 is 11.8 Å². The summed E-state index contributed by atoms with van der Waals surface area (Å²) < 4.78 is 84.5. The highest BCUT2D eigenvalue weighted by molar-refractivity contribution is 5.94. The van der Waals surface area contributed by atoms with Gasteiger partial charge in [-0.05, 0) is 67.1 Å². The van der Waals surface area contributed by atoms with Gasteiger partial charge in [0.05, 0.1) is 23.4 Å². The van der Waals surface area contributed by atoms with Crippen LogP contribution in [-0.4, -0.2) is 31.7 Å². The number of primary amides is 1. The van der Waals surface area contributed by atoms with E-state index in [4.69, 9.17) is 5.73 Å². The number of hydrogen-bond acceptors (Lipinski definition) is 5. The molecule has 4 aromatic rings. The molecule has 2 aromatic carbocycles. The average Bonchev–Trinajstić information content (AvgIpc) is 3.32. The van der Waals surface area contributed by atoms with E-state index in [1.54, 1.807) is 6.07 Å². The van der Waals surface area contributed by atoms with Gasteiger partial charge in [-0.3, -0.25) is 19.3 Å². The molecule has 4 N–H and O–H groups in total. The van der Waals surface area contributed by atoms with Gasteiger partial charge in [0.15, 0.2) is 5.69 Å². The first-order valence-corrected chi connectivity index (χ1v) is 13.5. The zero-order chi connectivity index (χ0) is 31.8. The molecule has 0 saturated carbocycles. The molecule has 0 spiro atoms. The molecule has 0 saturated heterocycles. The molecule has 0 fully saturated rings. The molecule has 2 heterocycles. The van der Waals surface area contributed by atoms with Crippen LogP contribution in [-0.2, 0) is 30.4 Å². The Hall–Kier alpha value is -4.72. The van der Waals surface area contributed by atoms with Gasteiger partial charge in [0, 0.05) is 29.1 Å². The number of pyridine rings is 1. The van der Waals surface area contributed by atoms with Crippen molar-refractivity contribution in [2.75, 3.05) is 0 Å². The predicted octanol–water partition coefficient (Wildman–Crippen LogP) is 4.95. The maximum absolute atomic E-state index is 14.2. The fourth-order valence-corrected chi connectivity index (χ4v) is 5.45. The van der Waals surface area contributed by atoms with E-state index in [9.17, 15) is 41.0 Å². The van der Waals surface area contributed by atoms with Crippen LogP contribution in [0.2, 0.25) is 0 Å². The fraction of sp³-hybridized carbons (Fsp3) is 0.267. The van der Waals surface area contributed by atoms with E-state index in [2.05, 4.69) is 15.4 Å². The maximum atomic E-state index is 14.2. The largest absolute Gasteiger partial charge is 0.435 e. The number of amides is 2. The Morgan fingerprint density at radius 3 is 2.50 bits per heavy atom. The highest BCUT2D eigenvalue weighted by Crippen LogP contribution is 2.40. The molecule has 2 atom stereocenters. The lowest BCUT2D eigenvalue weighted by atomic mass is 9.92. The molecule has 14 heteroatoms. The van der Waals surface area contributed by atoms with Gasteiger partial charge in [-0.2, -0.15) is 18.3 Å². The molecule has 1 aliphatic rings. The zero-order valence-electron chi connectivity index (χ0n) is 22.8. The number of benzene rings is 2. The standard InChI is InChI=1S/C30H25F6N5O3/c31-17-9-15(10-18(32)13-17)11-22(27-19(3-2-8-38-27)16-6-7-21(33)20(12-16)29(37)44)39-25(43)14-41-23-4-1-5-24(42)26(23)28(40-41)30(34,35)36/h2-3,6-10,12-13,22,24,42H,1,4-5,11,14H2,(H2,37,44)(H,39,43)/t22-,24?/m0/s1. The third-order valence-corrected chi connectivity index (χ3v) is 7.29. The molecule has 230 valence electrons. The van der Waals surface area contributed by atoms with Crippen molar-refractivity contribution in [1.82, 2.24) is 20.1 Å². The summed E-state index contributed by atoms with van der Waals surface area (Å²) in [6.07, 6.45) is -4.43. The highest BCUT2D eigenvalue weighted by Gasteiger charge is 2.42. The Morgan fingerprint density at radius 2 is 1.82 bits per heavy atom. The first-order chi connectivity index (χ1) is 20.8. The Morgan fingerprint density at radius 1 is 1.09 bits per heavy atom. The second-order valence-corrected chi connectivity index (χ2v) is 10.4. The molecular formula is C30H25F6N5O3. The van der Waals surface area contributed by atoms with Crippen molar-refractivity contribution in [2.24, 2.45) is 5.73 Å². The van der Waals surface area contributed by atoms with Crippen LogP contribution < -0.4 is 11.1 Å². The summed E-state index contributed by atoms with van der Waals surface area (Å²) in [6.45, 7) is -0.663. The number of aliphatic hydroxyl groups is 1. The quantitative estimate of drug-likeness (QED) is 0.242. The summed E-state index contributed by atoms with van der Waals surface area (Å²) in [4.78, 5) is 29.5. The summed E-state index contributed by atoms with van der Waals surface area (Å²) in [6, 6.07) is 8.32. The maximum Gasteiger partial charge on any atom is 0.435 e. The Kier molecular flexibility index (Phi) is 8.46. The number of carbonyl (C=O) groups excluding carboxylic acids is 2. The number of nitrogens with two attached hydrogens (primary N) is 1. The van der Waals surface area contributed by atoms with E-state index in [1.807, 2.05) is 0 Å². The first-order valence-electron chi connectivity index (χ1n) is 13.5. The monoisotopic (exact) mass is 617 g/mol. The van der Waals surface area contributed by atoms with E-state index in [1.165, 1.54) is 24.4 Å². The summed E-state index contributed by atoms with van der Waals surface area (Å²) in [5, 5.41) is 16.6. The number of rotatable bonds is 8. The van der Waals surface area contributed by atoms with Crippen LogP contribution in [0.25, 0.3) is 11.1 Å². The minimum absolute atomic E-state index is 0.0822. The van der Waals surface area contributed by atoms with Crippen LogP contribution in [0, 0.1) is 17.5 Å². The lowest BCUT2D eigenvalue weighted by Gasteiger charge is -2.23. The van der Waals surface area contributed by atoms with Gasteiger partial charge in [0.1, 0.15) is 24.0 Å². The van der Waals surface area contributed by atoms with Crippen LogP contribution in [0.4, 0.5) is 26.3 Å².